The van der Waals surface area contributed by atoms with Crippen molar-refractivity contribution in [3.63, 3.8) is 0 Å². The summed E-state index contributed by atoms with van der Waals surface area (Å²) in [7, 11) is 0. The molecule has 8 heteroatoms. The molecule has 3 heterocycles. The SMILES string of the molecule is CCc1cnc(CSc2cnc(NC(=O)CCc3c[nH]c4ccccc34)s2)o1. The summed E-state index contributed by atoms with van der Waals surface area (Å²) < 4.78 is 6.62. The minimum atomic E-state index is -0.0310. The number of thioether (sulfide) groups is 1. The smallest absolute Gasteiger partial charge is 0.226 e. The Kier molecular flexibility index (Phi) is 5.78. The van der Waals surface area contributed by atoms with E-state index in [-0.39, 0.29) is 5.91 Å². The highest BCUT2D eigenvalue weighted by Crippen LogP contribution is 2.30. The van der Waals surface area contributed by atoms with Crippen LogP contribution < -0.4 is 5.32 Å². The van der Waals surface area contributed by atoms with Gasteiger partial charge >= 0.3 is 0 Å². The molecule has 4 rings (SSSR count). The van der Waals surface area contributed by atoms with Crippen LogP contribution in [0.2, 0.25) is 0 Å². The average molecular weight is 413 g/mol. The van der Waals surface area contributed by atoms with Gasteiger partial charge in [-0.2, -0.15) is 0 Å². The first kappa shape index (κ1) is 18.8. The number of benzene rings is 1. The first-order valence-electron chi connectivity index (χ1n) is 9.08. The number of carbonyl (C=O) groups is 1. The third-order valence-electron chi connectivity index (χ3n) is 4.31. The van der Waals surface area contributed by atoms with Gasteiger partial charge < -0.3 is 14.7 Å². The number of carbonyl (C=O) groups excluding carboxylic acids is 1. The number of aromatic nitrogens is 3. The van der Waals surface area contributed by atoms with E-state index in [1.54, 1.807) is 24.2 Å². The Morgan fingerprint density at radius 2 is 2.18 bits per heavy atom. The van der Waals surface area contributed by atoms with Crippen molar-refractivity contribution in [1.82, 2.24) is 15.0 Å². The number of hydrogen-bond acceptors (Lipinski definition) is 6. The Morgan fingerprint density at radius 1 is 1.29 bits per heavy atom. The van der Waals surface area contributed by atoms with Gasteiger partial charge in [0, 0.05) is 29.9 Å². The quantitative estimate of drug-likeness (QED) is 0.396. The fourth-order valence-corrected chi connectivity index (χ4v) is 4.61. The van der Waals surface area contributed by atoms with Gasteiger partial charge in [-0.3, -0.25) is 4.79 Å². The van der Waals surface area contributed by atoms with Crippen LogP contribution in [0.3, 0.4) is 0 Å². The molecule has 0 aliphatic carbocycles. The Balaban J connectivity index is 1.27. The van der Waals surface area contributed by atoms with Gasteiger partial charge in [0.2, 0.25) is 11.8 Å². The molecule has 0 saturated carbocycles. The van der Waals surface area contributed by atoms with E-state index in [1.165, 1.54) is 16.7 Å². The molecule has 0 fully saturated rings. The molecule has 0 bridgehead atoms. The molecule has 144 valence electrons. The third kappa shape index (κ3) is 4.45. The maximum absolute atomic E-state index is 12.3. The van der Waals surface area contributed by atoms with E-state index in [0.29, 0.717) is 29.6 Å². The summed E-state index contributed by atoms with van der Waals surface area (Å²) in [5, 5.41) is 4.68. The van der Waals surface area contributed by atoms with Crippen molar-refractivity contribution >= 4 is 45.0 Å². The van der Waals surface area contributed by atoms with Crippen molar-refractivity contribution in [2.24, 2.45) is 0 Å². The normalized spacial score (nSPS) is 11.2. The monoisotopic (exact) mass is 412 g/mol. The van der Waals surface area contributed by atoms with Crippen LogP contribution in [0.5, 0.6) is 0 Å². The Bertz CT molecular complexity index is 1080. The molecule has 4 aromatic rings. The van der Waals surface area contributed by atoms with E-state index in [4.69, 9.17) is 4.42 Å². The van der Waals surface area contributed by atoms with Gasteiger partial charge in [-0.1, -0.05) is 36.5 Å². The van der Waals surface area contributed by atoms with Gasteiger partial charge in [0.15, 0.2) is 5.13 Å². The lowest BCUT2D eigenvalue weighted by molar-refractivity contribution is -0.116. The van der Waals surface area contributed by atoms with E-state index in [9.17, 15) is 4.79 Å². The number of amides is 1. The van der Waals surface area contributed by atoms with Gasteiger partial charge in [-0.25, -0.2) is 9.97 Å². The number of nitrogens with zero attached hydrogens (tertiary/aromatic N) is 2. The second kappa shape index (κ2) is 8.62. The van der Waals surface area contributed by atoms with Gasteiger partial charge in [-0.15, -0.1) is 11.8 Å². The topological polar surface area (TPSA) is 83.8 Å². The number of aryl methyl sites for hydroxylation is 2. The number of anilines is 1. The molecule has 0 atom stereocenters. The fraction of sp³-hybridized carbons (Fsp3) is 0.250. The van der Waals surface area contributed by atoms with Gasteiger partial charge in [0.1, 0.15) is 5.76 Å². The van der Waals surface area contributed by atoms with Crippen LogP contribution in [0.15, 0.2) is 51.5 Å². The van der Waals surface area contributed by atoms with E-state index in [1.807, 2.05) is 31.3 Å². The van der Waals surface area contributed by atoms with Gasteiger partial charge in [0.05, 0.1) is 22.4 Å². The lowest BCUT2D eigenvalue weighted by Gasteiger charge is -2.01. The number of fused-ring (bicyclic) bond motifs is 1. The molecule has 0 aliphatic rings. The van der Waals surface area contributed by atoms with Gasteiger partial charge in [0.25, 0.3) is 0 Å². The highest BCUT2D eigenvalue weighted by Gasteiger charge is 2.11. The Hall–Kier alpha value is -2.58. The first-order valence-corrected chi connectivity index (χ1v) is 10.9. The molecule has 28 heavy (non-hydrogen) atoms. The molecule has 0 spiro atoms. The van der Waals surface area contributed by atoms with Crippen LogP contribution in [0.25, 0.3) is 10.9 Å². The summed E-state index contributed by atoms with van der Waals surface area (Å²) in [5.41, 5.74) is 2.25. The number of nitrogens with one attached hydrogen (secondary N) is 2. The lowest BCUT2D eigenvalue weighted by Crippen LogP contribution is -2.11. The first-order chi connectivity index (χ1) is 13.7. The lowest BCUT2D eigenvalue weighted by atomic mass is 10.1. The van der Waals surface area contributed by atoms with E-state index < -0.39 is 0 Å². The average Bonchev–Trinajstić information content (AvgIpc) is 3.44. The molecule has 1 amide bonds. The molecule has 0 saturated heterocycles. The molecule has 0 radical (unpaired) electrons. The second-order valence-corrected chi connectivity index (χ2v) is 8.56. The van der Waals surface area contributed by atoms with Crippen molar-refractivity contribution in [1.29, 1.82) is 0 Å². The van der Waals surface area contributed by atoms with Crippen molar-refractivity contribution in [2.45, 2.75) is 36.1 Å². The van der Waals surface area contributed by atoms with Crippen LogP contribution in [0.1, 0.15) is 30.6 Å². The summed E-state index contributed by atoms with van der Waals surface area (Å²) in [6, 6.07) is 8.11. The van der Waals surface area contributed by atoms with E-state index in [0.717, 1.165) is 27.5 Å². The third-order valence-corrected chi connectivity index (χ3v) is 6.41. The standard InChI is InChI=1S/C20H20N4O2S2/c1-2-14-10-22-18(26-14)12-27-19-11-23-20(28-19)24-17(25)8-7-13-9-21-16-6-4-3-5-15(13)16/h3-6,9-11,21H,2,7-8,12H2,1H3,(H,23,24,25). The number of oxazole rings is 1. The number of thiazole rings is 1. The second-order valence-electron chi connectivity index (χ2n) is 6.25. The van der Waals surface area contributed by atoms with Crippen molar-refractivity contribution in [2.75, 3.05) is 5.32 Å². The summed E-state index contributed by atoms with van der Waals surface area (Å²) in [6.07, 6.45) is 7.46. The largest absolute Gasteiger partial charge is 0.445 e. The minimum Gasteiger partial charge on any atom is -0.445 e. The molecular formula is C20H20N4O2S2. The zero-order chi connectivity index (χ0) is 19.3. The predicted octanol–water partition coefficient (Wildman–Crippen LogP) is 5.04. The maximum atomic E-state index is 12.3. The number of aromatic amines is 1. The molecule has 1 aromatic carbocycles. The summed E-state index contributed by atoms with van der Waals surface area (Å²) in [4.78, 5) is 24.1. The molecule has 0 unspecified atom stereocenters. The minimum absolute atomic E-state index is 0.0310. The molecule has 0 aliphatic heterocycles. The van der Waals surface area contributed by atoms with Crippen LogP contribution >= 0.6 is 23.1 Å². The summed E-state index contributed by atoms with van der Waals surface area (Å²) in [6.45, 7) is 2.04. The molecular weight excluding hydrogens is 392 g/mol. The van der Waals surface area contributed by atoms with Crippen molar-refractivity contribution in [3.8, 4) is 0 Å². The number of hydrogen-bond donors (Lipinski definition) is 2. The van der Waals surface area contributed by atoms with Gasteiger partial charge in [-0.05, 0) is 18.1 Å². The predicted molar refractivity (Wildman–Crippen MR) is 113 cm³/mol. The van der Waals surface area contributed by atoms with Crippen molar-refractivity contribution in [3.05, 3.63) is 60.1 Å². The summed E-state index contributed by atoms with van der Waals surface area (Å²) >= 11 is 3.07. The highest BCUT2D eigenvalue weighted by atomic mass is 32.2. The van der Waals surface area contributed by atoms with Crippen LogP contribution in [0, 0.1) is 0 Å². The van der Waals surface area contributed by atoms with Crippen LogP contribution in [-0.4, -0.2) is 20.9 Å². The number of rotatable bonds is 8. The summed E-state index contributed by atoms with van der Waals surface area (Å²) in [5.74, 6) is 2.22. The van der Waals surface area contributed by atoms with E-state index in [2.05, 4.69) is 26.3 Å². The van der Waals surface area contributed by atoms with Crippen LogP contribution in [-0.2, 0) is 23.4 Å². The number of para-hydroxylation sites is 1. The highest BCUT2D eigenvalue weighted by molar-refractivity contribution is 8.00. The molecule has 3 aromatic heterocycles. The van der Waals surface area contributed by atoms with Crippen LogP contribution in [0.4, 0.5) is 5.13 Å². The Morgan fingerprint density at radius 3 is 3.04 bits per heavy atom. The molecule has 2 N–H and O–H groups in total. The maximum Gasteiger partial charge on any atom is 0.226 e. The fourth-order valence-electron chi connectivity index (χ4n) is 2.86. The zero-order valence-corrected chi connectivity index (χ0v) is 17.0. The van der Waals surface area contributed by atoms with Crippen molar-refractivity contribution < 1.29 is 9.21 Å². The zero-order valence-electron chi connectivity index (χ0n) is 15.4. The number of H-pyrrole nitrogens is 1. The molecule has 6 nitrogen and oxygen atoms in total. The Labute approximate surface area is 170 Å². The van der Waals surface area contributed by atoms with E-state index >= 15 is 0 Å².